The minimum absolute atomic E-state index is 0.0953. The van der Waals surface area contributed by atoms with Gasteiger partial charge in [-0.25, -0.2) is 9.59 Å². The van der Waals surface area contributed by atoms with Gasteiger partial charge in [0.1, 0.15) is 0 Å². The van der Waals surface area contributed by atoms with Gasteiger partial charge >= 0.3 is 12.2 Å². The van der Waals surface area contributed by atoms with Crippen molar-refractivity contribution < 1.29 is 19.1 Å². The average Bonchev–Trinajstić information content (AvgIpc) is 2.50. The summed E-state index contributed by atoms with van der Waals surface area (Å²) >= 11 is 0. The van der Waals surface area contributed by atoms with Gasteiger partial charge in [-0.05, 0) is 33.6 Å². The molecule has 0 spiro atoms. The Morgan fingerprint density at radius 1 is 0.920 bits per heavy atom. The van der Waals surface area contributed by atoms with Crippen LogP contribution >= 0.6 is 0 Å². The van der Waals surface area contributed by atoms with E-state index in [2.05, 4.69) is 18.7 Å². The van der Waals surface area contributed by atoms with Gasteiger partial charge in [0.25, 0.3) is 0 Å². The summed E-state index contributed by atoms with van der Waals surface area (Å²) in [4.78, 5) is 29.9. The Labute approximate surface area is 152 Å². The molecule has 0 saturated carbocycles. The second kappa shape index (κ2) is 10.5. The lowest BCUT2D eigenvalue weighted by atomic mass is 10.2. The van der Waals surface area contributed by atoms with Crippen molar-refractivity contribution in [2.45, 2.75) is 53.8 Å². The Kier molecular flexibility index (Phi) is 9.03. The second-order valence-corrected chi connectivity index (χ2v) is 7.53. The monoisotopic (exact) mass is 357 g/mol. The predicted octanol–water partition coefficient (Wildman–Crippen LogP) is 2.65. The zero-order valence-corrected chi connectivity index (χ0v) is 16.7. The molecule has 0 aromatic carbocycles. The molecule has 146 valence electrons. The molecule has 0 N–H and O–H groups in total. The lowest BCUT2D eigenvalue weighted by Crippen LogP contribution is -2.51. The molecule has 1 fully saturated rings. The Hall–Kier alpha value is -1.50. The highest BCUT2D eigenvalue weighted by molar-refractivity contribution is 5.68. The van der Waals surface area contributed by atoms with Crippen LogP contribution in [0.1, 0.15) is 41.5 Å². The number of amides is 2. The molecule has 0 bridgehead atoms. The van der Waals surface area contributed by atoms with Gasteiger partial charge in [-0.15, -0.1) is 0 Å². The topological polar surface area (TPSA) is 62.3 Å². The van der Waals surface area contributed by atoms with E-state index in [4.69, 9.17) is 9.47 Å². The Morgan fingerprint density at radius 3 is 1.96 bits per heavy atom. The fraction of sp³-hybridized carbons (Fsp3) is 0.889. The number of piperazine rings is 1. The van der Waals surface area contributed by atoms with Crippen LogP contribution in [0.25, 0.3) is 0 Å². The van der Waals surface area contributed by atoms with Gasteiger partial charge in [0.05, 0.1) is 12.2 Å². The van der Waals surface area contributed by atoms with Crippen molar-refractivity contribution in [2.24, 2.45) is 5.92 Å². The van der Waals surface area contributed by atoms with Gasteiger partial charge in [0.2, 0.25) is 0 Å². The summed E-state index contributed by atoms with van der Waals surface area (Å²) in [5.41, 5.74) is 0. The van der Waals surface area contributed by atoms with Crippen LogP contribution in [0.4, 0.5) is 9.59 Å². The molecule has 0 atom stereocenters. The summed E-state index contributed by atoms with van der Waals surface area (Å²) in [6, 6.07) is 0. The number of carbonyl (C=O) groups is 2. The van der Waals surface area contributed by atoms with Crippen LogP contribution in [0.5, 0.6) is 0 Å². The number of rotatable bonds is 7. The lowest BCUT2D eigenvalue weighted by Gasteiger charge is -2.35. The minimum Gasteiger partial charge on any atom is -0.447 e. The third kappa shape index (κ3) is 8.43. The molecule has 7 heteroatoms. The standard InChI is InChI=1S/C18H35N3O4/c1-14(2)13-21(18(23)25-16(5)6)12-9-19-7-10-20(11-8-19)17(22)24-15(3)4/h14-16H,7-13H2,1-6H3. The van der Waals surface area contributed by atoms with Crippen molar-refractivity contribution in [3.05, 3.63) is 0 Å². The average molecular weight is 357 g/mol. The first-order valence-corrected chi connectivity index (χ1v) is 9.32. The summed E-state index contributed by atoms with van der Waals surface area (Å²) in [5.74, 6) is 0.391. The second-order valence-electron chi connectivity index (χ2n) is 7.53. The fourth-order valence-electron chi connectivity index (χ4n) is 2.67. The van der Waals surface area contributed by atoms with E-state index >= 15 is 0 Å². The molecule has 1 aliphatic rings. The summed E-state index contributed by atoms with van der Waals surface area (Å²) in [6.45, 7) is 16.6. The van der Waals surface area contributed by atoms with Gasteiger partial charge in [-0.1, -0.05) is 13.8 Å². The van der Waals surface area contributed by atoms with E-state index in [1.807, 2.05) is 27.7 Å². The van der Waals surface area contributed by atoms with E-state index in [9.17, 15) is 9.59 Å². The van der Waals surface area contributed by atoms with E-state index in [-0.39, 0.29) is 24.4 Å². The minimum atomic E-state index is -0.247. The SMILES string of the molecule is CC(C)CN(CCN1CCN(C(=O)OC(C)C)CC1)C(=O)OC(C)C. The van der Waals surface area contributed by atoms with Gasteiger partial charge in [-0.3, -0.25) is 4.90 Å². The Bertz CT molecular complexity index is 419. The molecule has 25 heavy (non-hydrogen) atoms. The third-order valence-electron chi connectivity index (χ3n) is 3.83. The maximum absolute atomic E-state index is 12.2. The Morgan fingerprint density at radius 2 is 1.48 bits per heavy atom. The molecule has 2 amide bonds. The molecular weight excluding hydrogens is 322 g/mol. The summed E-state index contributed by atoms with van der Waals surface area (Å²) in [7, 11) is 0. The molecular formula is C18H35N3O4. The zero-order chi connectivity index (χ0) is 19.0. The summed E-state index contributed by atoms with van der Waals surface area (Å²) in [5, 5.41) is 0. The number of carbonyl (C=O) groups excluding carboxylic acids is 2. The first-order valence-electron chi connectivity index (χ1n) is 9.32. The van der Waals surface area contributed by atoms with Crippen molar-refractivity contribution in [3.8, 4) is 0 Å². The van der Waals surface area contributed by atoms with Crippen LogP contribution in [0.15, 0.2) is 0 Å². The molecule has 0 radical (unpaired) electrons. The maximum Gasteiger partial charge on any atom is 0.410 e. The molecule has 1 rings (SSSR count). The van der Waals surface area contributed by atoms with Crippen LogP contribution in [-0.4, -0.2) is 84.9 Å². The Balaban J connectivity index is 2.42. The highest BCUT2D eigenvalue weighted by Gasteiger charge is 2.24. The number of ether oxygens (including phenoxy) is 2. The lowest BCUT2D eigenvalue weighted by molar-refractivity contribution is 0.0509. The first-order chi connectivity index (χ1) is 11.7. The smallest absolute Gasteiger partial charge is 0.410 e. The van der Waals surface area contributed by atoms with Crippen molar-refractivity contribution >= 4 is 12.2 Å². The van der Waals surface area contributed by atoms with E-state index in [0.717, 1.165) is 19.6 Å². The van der Waals surface area contributed by atoms with Crippen LogP contribution < -0.4 is 0 Å². The van der Waals surface area contributed by atoms with Gasteiger partial charge in [-0.2, -0.15) is 0 Å². The van der Waals surface area contributed by atoms with Crippen LogP contribution in [0.2, 0.25) is 0 Å². The molecule has 7 nitrogen and oxygen atoms in total. The first kappa shape index (κ1) is 21.5. The molecule has 0 unspecified atom stereocenters. The molecule has 1 saturated heterocycles. The van der Waals surface area contributed by atoms with Crippen LogP contribution in [0, 0.1) is 5.92 Å². The van der Waals surface area contributed by atoms with Crippen LogP contribution in [0.3, 0.4) is 0 Å². The summed E-state index contributed by atoms with van der Waals surface area (Å²) < 4.78 is 10.6. The van der Waals surface area contributed by atoms with Crippen molar-refractivity contribution in [1.82, 2.24) is 14.7 Å². The van der Waals surface area contributed by atoms with Gasteiger partial charge in [0.15, 0.2) is 0 Å². The largest absolute Gasteiger partial charge is 0.447 e. The fourth-order valence-corrected chi connectivity index (χ4v) is 2.67. The van der Waals surface area contributed by atoms with Gasteiger partial charge in [0, 0.05) is 45.8 Å². The highest BCUT2D eigenvalue weighted by atomic mass is 16.6. The quantitative estimate of drug-likeness (QED) is 0.701. The normalized spacial score (nSPS) is 15.8. The van der Waals surface area contributed by atoms with Crippen molar-refractivity contribution in [3.63, 3.8) is 0 Å². The molecule has 0 aromatic rings. The maximum atomic E-state index is 12.2. The predicted molar refractivity (Wildman–Crippen MR) is 97.7 cm³/mol. The molecule has 0 aromatic heterocycles. The van der Waals surface area contributed by atoms with Crippen LogP contribution in [-0.2, 0) is 9.47 Å². The third-order valence-corrected chi connectivity index (χ3v) is 3.83. The molecule has 1 aliphatic heterocycles. The highest BCUT2D eigenvalue weighted by Crippen LogP contribution is 2.08. The molecule has 1 heterocycles. The number of hydrogen-bond donors (Lipinski definition) is 0. The van der Waals surface area contributed by atoms with E-state index in [0.29, 0.717) is 32.1 Å². The number of nitrogens with zero attached hydrogens (tertiary/aromatic N) is 3. The molecule has 0 aliphatic carbocycles. The number of hydrogen-bond acceptors (Lipinski definition) is 5. The van der Waals surface area contributed by atoms with Crippen molar-refractivity contribution in [2.75, 3.05) is 45.8 Å². The zero-order valence-electron chi connectivity index (χ0n) is 16.7. The summed E-state index contributed by atoms with van der Waals surface area (Å²) in [6.07, 6.45) is -0.695. The van der Waals surface area contributed by atoms with E-state index in [1.165, 1.54) is 0 Å². The van der Waals surface area contributed by atoms with Gasteiger partial charge < -0.3 is 19.3 Å². The van der Waals surface area contributed by atoms with Crippen molar-refractivity contribution in [1.29, 1.82) is 0 Å². The van der Waals surface area contributed by atoms with E-state index in [1.54, 1.807) is 9.80 Å². The van der Waals surface area contributed by atoms with E-state index < -0.39 is 0 Å².